The fourth-order valence-corrected chi connectivity index (χ4v) is 2.56. The Morgan fingerprint density at radius 2 is 1.84 bits per heavy atom. The third-order valence-electron chi connectivity index (χ3n) is 2.70. The van der Waals surface area contributed by atoms with Crippen LogP contribution in [0.25, 0.3) is 0 Å². The second kappa shape index (κ2) is 6.86. The average Bonchev–Trinajstić information content (AvgIpc) is 2.45. The molecule has 0 aliphatic carbocycles. The lowest BCUT2D eigenvalue weighted by Gasteiger charge is -2.08. The molecule has 0 heterocycles. The van der Waals surface area contributed by atoms with Gasteiger partial charge in [0.1, 0.15) is 11.8 Å². The Labute approximate surface area is 118 Å². The van der Waals surface area contributed by atoms with Crippen LogP contribution in [0.4, 0.5) is 0 Å². The monoisotopic (exact) mass is 269 g/mol. The highest BCUT2D eigenvalue weighted by molar-refractivity contribution is 7.99. The van der Waals surface area contributed by atoms with E-state index in [1.807, 2.05) is 30.3 Å². The highest BCUT2D eigenvalue weighted by atomic mass is 32.2. The van der Waals surface area contributed by atoms with Gasteiger partial charge >= 0.3 is 0 Å². The number of ether oxygens (including phenoxy) is 1. The molecular weight excluding hydrogens is 254 g/mol. The number of rotatable bonds is 5. The van der Waals surface area contributed by atoms with E-state index < -0.39 is 0 Å². The lowest BCUT2D eigenvalue weighted by molar-refractivity contribution is 0.343. The van der Waals surface area contributed by atoms with Crippen molar-refractivity contribution < 1.29 is 4.74 Å². The van der Waals surface area contributed by atoms with Crippen molar-refractivity contribution in [2.24, 2.45) is 0 Å². The summed E-state index contributed by atoms with van der Waals surface area (Å²) in [6.07, 6.45) is 0. The number of benzene rings is 2. The van der Waals surface area contributed by atoms with Gasteiger partial charge in [0.2, 0.25) is 0 Å². The molecule has 2 rings (SSSR count). The molecule has 0 aromatic heterocycles. The Bertz CT molecular complexity index is 589. The fraction of sp³-hybridized carbons (Fsp3) is 0.188. The molecule has 0 radical (unpaired) electrons. The van der Waals surface area contributed by atoms with Crippen LogP contribution >= 0.6 is 11.8 Å². The lowest BCUT2D eigenvalue weighted by atomic mass is 10.2. The van der Waals surface area contributed by atoms with Crippen LogP contribution < -0.4 is 4.74 Å². The molecule has 96 valence electrons. The van der Waals surface area contributed by atoms with Crippen molar-refractivity contribution in [1.29, 1.82) is 5.26 Å². The molecule has 19 heavy (non-hydrogen) atoms. The van der Waals surface area contributed by atoms with Crippen LogP contribution in [0.3, 0.4) is 0 Å². The maximum atomic E-state index is 8.95. The molecule has 0 atom stereocenters. The van der Waals surface area contributed by atoms with Crippen molar-refractivity contribution in [2.45, 2.75) is 11.8 Å². The second-order valence-corrected chi connectivity index (χ2v) is 5.21. The van der Waals surface area contributed by atoms with Gasteiger partial charge in [0, 0.05) is 10.6 Å². The predicted molar refractivity (Wildman–Crippen MR) is 78.6 cm³/mol. The third kappa shape index (κ3) is 3.77. The molecule has 0 N–H and O–H groups in total. The van der Waals surface area contributed by atoms with Gasteiger partial charge in [0.05, 0.1) is 12.2 Å². The van der Waals surface area contributed by atoms with Crippen LogP contribution in [0, 0.1) is 18.3 Å². The third-order valence-corrected chi connectivity index (χ3v) is 3.84. The molecule has 0 aliphatic rings. The van der Waals surface area contributed by atoms with Gasteiger partial charge < -0.3 is 4.74 Å². The molecule has 0 saturated carbocycles. The summed E-state index contributed by atoms with van der Waals surface area (Å²) in [5.74, 6) is 1.53. The van der Waals surface area contributed by atoms with E-state index in [1.165, 1.54) is 10.5 Å². The number of nitrogens with zero attached hydrogens (tertiary/aromatic N) is 1. The van der Waals surface area contributed by atoms with Crippen LogP contribution in [0.1, 0.15) is 11.1 Å². The minimum atomic E-state index is 0.586. The van der Waals surface area contributed by atoms with Gasteiger partial charge in [0.25, 0.3) is 0 Å². The molecule has 2 nitrogen and oxygen atoms in total. The van der Waals surface area contributed by atoms with E-state index in [0.29, 0.717) is 17.9 Å². The Morgan fingerprint density at radius 3 is 2.63 bits per heavy atom. The van der Waals surface area contributed by atoms with Crippen molar-refractivity contribution >= 4 is 11.8 Å². The quantitative estimate of drug-likeness (QED) is 0.606. The molecular formula is C16H15NOS. The topological polar surface area (TPSA) is 33.0 Å². The second-order valence-electron chi connectivity index (χ2n) is 4.07. The Balaban J connectivity index is 1.85. The summed E-state index contributed by atoms with van der Waals surface area (Å²) in [5, 5.41) is 8.95. The summed E-state index contributed by atoms with van der Waals surface area (Å²) < 4.78 is 5.65. The molecule has 2 aromatic carbocycles. The van der Waals surface area contributed by atoms with E-state index in [1.54, 1.807) is 17.8 Å². The molecule has 0 fully saturated rings. The van der Waals surface area contributed by atoms with Crippen LogP contribution in [0.15, 0.2) is 53.4 Å². The largest absolute Gasteiger partial charge is 0.491 e. The van der Waals surface area contributed by atoms with Crippen LogP contribution in [-0.2, 0) is 0 Å². The molecule has 0 unspecified atom stereocenters. The molecule has 0 bridgehead atoms. The Morgan fingerprint density at radius 1 is 1.11 bits per heavy atom. The maximum Gasteiger partial charge on any atom is 0.137 e. The van der Waals surface area contributed by atoms with E-state index in [-0.39, 0.29) is 0 Å². The fourth-order valence-electron chi connectivity index (χ4n) is 1.71. The van der Waals surface area contributed by atoms with Gasteiger partial charge in [-0.3, -0.25) is 0 Å². The number of thioether (sulfide) groups is 1. The summed E-state index contributed by atoms with van der Waals surface area (Å²) >= 11 is 1.77. The summed E-state index contributed by atoms with van der Waals surface area (Å²) in [4.78, 5) is 1.28. The Kier molecular flexibility index (Phi) is 4.88. The minimum Gasteiger partial charge on any atom is -0.491 e. The van der Waals surface area contributed by atoms with E-state index >= 15 is 0 Å². The first-order valence-corrected chi connectivity index (χ1v) is 7.10. The molecule has 0 spiro atoms. The van der Waals surface area contributed by atoms with Crippen LogP contribution in [0.2, 0.25) is 0 Å². The lowest BCUT2D eigenvalue weighted by Crippen LogP contribution is -2.01. The highest BCUT2D eigenvalue weighted by Crippen LogP contribution is 2.22. The van der Waals surface area contributed by atoms with Gasteiger partial charge in [-0.15, -0.1) is 11.8 Å². The molecule has 0 amide bonds. The zero-order valence-electron chi connectivity index (χ0n) is 10.8. The van der Waals surface area contributed by atoms with Gasteiger partial charge in [-0.2, -0.15) is 5.26 Å². The smallest absolute Gasteiger partial charge is 0.137 e. The van der Waals surface area contributed by atoms with Crippen LogP contribution in [0.5, 0.6) is 5.75 Å². The Hall–Kier alpha value is -1.92. The molecule has 0 saturated heterocycles. The summed E-state index contributed by atoms with van der Waals surface area (Å²) in [6.45, 7) is 2.70. The number of hydrogen-bond acceptors (Lipinski definition) is 3. The highest BCUT2D eigenvalue weighted by Gasteiger charge is 2.02. The summed E-state index contributed by atoms with van der Waals surface area (Å²) in [5.41, 5.74) is 1.87. The standard InChI is InChI=1S/C16H15NOS/c1-13-6-2-5-9-16(13)19-11-10-18-15-8-4-3-7-14(15)12-17/h2-9H,10-11H2,1H3. The summed E-state index contributed by atoms with van der Waals surface area (Å²) in [7, 11) is 0. The normalized spacial score (nSPS) is 9.89. The van der Waals surface area contributed by atoms with Gasteiger partial charge in [0.15, 0.2) is 0 Å². The van der Waals surface area contributed by atoms with Crippen LogP contribution in [-0.4, -0.2) is 12.4 Å². The SMILES string of the molecule is Cc1ccccc1SCCOc1ccccc1C#N. The summed E-state index contributed by atoms with van der Waals surface area (Å²) in [6, 6.07) is 17.8. The number of nitriles is 1. The van der Waals surface area contributed by atoms with Crippen molar-refractivity contribution in [3.63, 3.8) is 0 Å². The number of aryl methyl sites for hydroxylation is 1. The average molecular weight is 269 g/mol. The van der Waals surface area contributed by atoms with E-state index in [0.717, 1.165) is 5.75 Å². The number of hydrogen-bond donors (Lipinski definition) is 0. The van der Waals surface area contributed by atoms with E-state index in [4.69, 9.17) is 10.00 Å². The van der Waals surface area contributed by atoms with E-state index in [9.17, 15) is 0 Å². The first-order valence-electron chi connectivity index (χ1n) is 6.11. The van der Waals surface area contributed by atoms with Gasteiger partial charge in [-0.1, -0.05) is 30.3 Å². The zero-order valence-corrected chi connectivity index (χ0v) is 11.6. The van der Waals surface area contributed by atoms with Crippen molar-refractivity contribution in [3.8, 4) is 11.8 Å². The maximum absolute atomic E-state index is 8.95. The zero-order chi connectivity index (χ0) is 13.5. The molecule has 3 heteroatoms. The van der Waals surface area contributed by atoms with Crippen molar-refractivity contribution in [2.75, 3.05) is 12.4 Å². The molecule has 2 aromatic rings. The minimum absolute atomic E-state index is 0.586. The first-order chi connectivity index (χ1) is 9.31. The number of para-hydroxylation sites is 1. The van der Waals surface area contributed by atoms with Crippen molar-refractivity contribution in [1.82, 2.24) is 0 Å². The molecule has 0 aliphatic heterocycles. The predicted octanol–water partition coefficient (Wildman–Crippen LogP) is 4.04. The van der Waals surface area contributed by atoms with Gasteiger partial charge in [-0.05, 0) is 30.7 Å². The van der Waals surface area contributed by atoms with E-state index in [2.05, 4.69) is 25.1 Å². The van der Waals surface area contributed by atoms with Gasteiger partial charge in [-0.25, -0.2) is 0 Å². The first kappa shape index (κ1) is 13.5. The van der Waals surface area contributed by atoms with Crippen molar-refractivity contribution in [3.05, 3.63) is 59.7 Å².